The molecule has 0 aromatic carbocycles. The number of methoxy groups -OCH3 is 1. The lowest BCUT2D eigenvalue weighted by Crippen LogP contribution is -2.30. The molecular formula is C21H25N7O. The van der Waals surface area contributed by atoms with E-state index in [1.165, 1.54) is 0 Å². The van der Waals surface area contributed by atoms with Crippen molar-refractivity contribution in [3.8, 4) is 11.1 Å². The maximum absolute atomic E-state index is 5.45. The van der Waals surface area contributed by atoms with Gasteiger partial charge in [-0.1, -0.05) is 6.92 Å². The summed E-state index contributed by atoms with van der Waals surface area (Å²) in [6, 6.07) is 2.46. The van der Waals surface area contributed by atoms with Crippen molar-refractivity contribution in [3.05, 3.63) is 42.7 Å². The SMILES string of the molecule is CCc1cnc2ncc(-c3ccn4nc(NC5CCC(OC)CC5)ncc34)cn12. The number of rotatable bonds is 5. The zero-order valence-corrected chi connectivity index (χ0v) is 16.7. The monoisotopic (exact) mass is 391 g/mol. The van der Waals surface area contributed by atoms with Gasteiger partial charge in [-0.15, -0.1) is 5.10 Å². The molecule has 0 unspecified atom stereocenters. The zero-order valence-electron chi connectivity index (χ0n) is 16.7. The smallest absolute Gasteiger partial charge is 0.241 e. The topological polar surface area (TPSA) is 81.6 Å². The van der Waals surface area contributed by atoms with Crippen molar-refractivity contribution >= 4 is 17.2 Å². The number of anilines is 1. The third kappa shape index (κ3) is 3.33. The number of ether oxygens (including phenoxy) is 1. The molecule has 29 heavy (non-hydrogen) atoms. The van der Waals surface area contributed by atoms with Crippen molar-refractivity contribution in [1.29, 1.82) is 0 Å². The number of imidazole rings is 1. The van der Waals surface area contributed by atoms with Crippen LogP contribution in [0.15, 0.2) is 37.1 Å². The minimum Gasteiger partial charge on any atom is -0.381 e. The molecule has 4 aromatic rings. The Balaban J connectivity index is 1.41. The standard InChI is InChI=1S/C21H25N7O/c1-3-16-11-24-21-23-10-14(13-27(16)21)18-8-9-28-19(18)12-22-20(26-28)25-15-4-6-17(29-2)7-5-15/h8-13,15,17H,3-7H2,1-2H3,(H,25,26). The van der Waals surface area contributed by atoms with E-state index in [9.17, 15) is 0 Å². The van der Waals surface area contributed by atoms with Gasteiger partial charge in [-0.25, -0.2) is 19.5 Å². The molecule has 0 saturated heterocycles. The molecule has 0 spiro atoms. The van der Waals surface area contributed by atoms with Crippen molar-refractivity contribution in [1.82, 2.24) is 29.0 Å². The highest BCUT2D eigenvalue weighted by atomic mass is 16.5. The third-order valence-electron chi connectivity index (χ3n) is 5.87. The van der Waals surface area contributed by atoms with Gasteiger partial charge in [-0.2, -0.15) is 0 Å². The number of fused-ring (bicyclic) bond motifs is 2. The molecule has 5 rings (SSSR count). The maximum Gasteiger partial charge on any atom is 0.241 e. The first-order valence-electron chi connectivity index (χ1n) is 10.2. The fraction of sp³-hybridized carbons (Fsp3) is 0.429. The van der Waals surface area contributed by atoms with Crippen LogP contribution >= 0.6 is 0 Å². The summed E-state index contributed by atoms with van der Waals surface area (Å²) in [6.45, 7) is 2.12. The van der Waals surface area contributed by atoms with Crippen LogP contribution in [-0.4, -0.2) is 48.2 Å². The van der Waals surface area contributed by atoms with E-state index in [-0.39, 0.29) is 0 Å². The Labute approximate surface area is 169 Å². The molecule has 0 amide bonds. The Bertz CT molecular complexity index is 1140. The summed E-state index contributed by atoms with van der Waals surface area (Å²) < 4.78 is 9.38. The van der Waals surface area contributed by atoms with Gasteiger partial charge in [0.2, 0.25) is 11.7 Å². The van der Waals surface area contributed by atoms with E-state index in [0.29, 0.717) is 18.1 Å². The summed E-state index contributed by atoms with van der Waals surface area (Å²) >= 11 is 0. The number of hydrogen-bond acceptors (Lipinski definition) is 6. The molecule has 0 bridgehead atoms. The molecular weight excluding hydrogens is 366 g/mol. The van der Waals surface area contributed by atoms with Crippen LogP contribution in [0.3, 0.4) is 0 Å². The summed E-state index contributed by atoms with van der Waals surface area (Å²) in [5, 5.41) is 8.14. The zero-order chi connectivity index (χ0) is 19.8. The third-order valence-corrected chi connectivity index (χ3v) is 5.87. The quantitative estimate of drug-likeness (QED) is 0.562. The van der Waals surface area contributed by atoms with E-state index in [1.807, 2.05) is 33.7 Å². The lowest BCUT2D eigenvalue weighted by atomic mass is 9.93. The normalized spacial score (nSPS) is 19.8. The summed E-state index contributed by atoms with van der Waals surface area (Å²) in [5.41, 5.74) is 4.18. The molecule has 1 saturated carbocycles. The first kappa shape index (κ1) is 18.1. The van der Waals surface area contributed by atoms with Crippen LogP contribution in [0.1, 0.15) is 38.3 Å². The number of nitrogens with zero attached hydrogens (tertiary/aromatic N) is 6. The van der Waals surface area contributed by atoms with Crippen molar-refractivity contribution in [3.63, 3.8) is 0 Å². The largest absolute Gasteiger partial charge is 0.381 e. The molecule has 0 radical (unpaired) electrons. The van der Waals surface area contributed by atoms with Crippen LogP contribution in [0, 0.1) is 0 Å². The average Bonchev–Trinajstić information content (AvgIpc) is 3.37. The number of nitrogens with one attached hydrogen (secondary N) is 1. The molecule has 4 heterocycles. The first-order chi connectivity index (χ1) is 14.2. The van der Waals surface area contributed by atoms with Crippen molar-refractivity contribution < 1.29 is 4.74 Å². The van der Waals surface area contributed by atoms with E-state index < -0.39 is 0 Å². The molecule has 1 aliphatic carbocycles. The number of aromatic nitrogens is 6. The van der Waals surface area contributed by atoms with Gasteiger partial charge >= 0.3 is 0 Å². The summed E-state index contributed by atoms with van der Waals surface area (Å²) in [7, 11) is 1.79. The van der Waals surface area contributed by atoms with Gasteiger partial charge < -0.3 is 10.1 Å². The lowest BCUT2D eigenvalue weighted by molar-refractivity contribution is 0.0681. The average molecular weight is 391 g/mol. The van der Waals surface area contributed by atoms with E-state index in [4.69, 9.17) is 4.74 Å². The Morgan fingerprint density at radius 3 is 2.72 bits per heavy atom. The molecule has 8 nitrogen and oxygen atoms in total. The van der Waals surface area contributed by atoms with Crippen LogP contribution in [0.5, 0.6) is 0 Å². The molecule has 0 atom stereocenters. The van der Waals surface area contributed by atoms with Gasteiger partial charge in [0, 0.05) is 48.6 Å². The lowest BCUT2D eigenvalue weighted by Gasteiger charge is -2.28. The molecule has 1 N–H and O–H groups in total. The van der Waals surface area contributed by atoms with Crippen molar-refractivity contribution in [2.24, 2.45) is 0 Å². The van der Waals surface area contributed by atoms with Gasteiger partial charge in [0.05, 0.1) is 24.0 Å². The van der Waals surface area contributed by atoms with Crippen LogP contribution in [0.2, 0.25) is 0 Å². The fourth-order valence-corrected chi connectivity index (χ4v) is 4.16. The van der Waals surface area contributed by atoms with E-state index >= 15 is 0 Å². The minimum atomic E-state index is 0.387. The molecule has 1 fully saturated rings. The highest BCUT2D eigenvalue weighted by molar-refractivity contribution is 5.79. The Morgan fingerprint density at radius 2 is 1.93 bits per heavy atom. The molecule has 4 aromatic heterocycles. The Morgan fingerprint density at radius 1 is 1.10 bits per heavy atom. The predicted octanol–water partition coefficient (Wildman–Crippen LogP) is 3.37. The van der Waals surface area contributed by atoms with Gasteiger partial charge in [0.1, 0.15) is 0 Å². The number of hydrogen-bond donors (Lipinski definition) is 1. The van der Waals surface area contributed by atoms with Crippen molar-refractivity contribution in [2.45, 2.75) is 51.2 Å². The second kappa shape index (κ2) is 7.44. The predicted molar refractivity (Wildman–Crippen MR) is 111 cm³/mol. The Hall–Kier alpha value is -3.00. The maximum atomic E-state index is 5.45. The molecule has 8 heteroatoms. The van der Waals surface area contributed by atoms with Crippen LogP contribution in [0.4, 0.5) is 5.95 Å². The van der Waals surface area contributed by atoms with Crippen LogP contribution < -0.4 is 5.32 Å². The Kier molecular flexibility index (Phi) is 4.63. The summed E-state index contributed by atoms with van der Waals surface area (Å²) in [4.78, 5) is 13.4. The molecule has 1 aliphatic rings. The van der Waals surface area contributed by atoms with Crippen LogP contribution in [-0.2, 0) is 11.2 Å². The van der Waals surface area contributed by atoms with E-state index in [1.54, 1.807) is 7.11 Å². The highest BCUT2D eigenvalue weighted by Crippen LogP contribution is 2.26. The van der Waals surface area contributed by atoms with Gasteiger partial charge in [0.15, 0.2) is 0 Å². The van der Waals surface area contributed by atoms with Crippen LogP contribution in [0.25, 0.3) is 22.4 Å². The summed E-state index contributed by atoms with van der Waals surface area (Å²) in [6.07, 6.45) is 15.3. The minimum absolute atomic E-state index is 0.387. The molecule has 0 aliphatic heterocycles. The van der Waals surface area contributed by atoms with Gasteiger partial charge in [-0.05, 0) is 38.2 Å². The molecule has 150 valence electrons. The highest BCUT2D eigenvalue weighted by Gasteiger charge is 2.21. The van der Waals surface area contributed by atoms with Gasteiger partial charge in [-0.3, -0.25) is 4.40 Å². The second-order valence-corrected chi connectivity index (χ2v) is 7.61. The first-order valence-corrected chi connectivity index (χ1v) is 10.2. The van der Waals surface area contributed by atoms with E-state index in [0.717, 1.165) is 60.2 Å². The van der Waals surface area contributed by atoms with Gasteiger partial charge in [0.25, 0.3) is 0 Å². The van der Waals surface area contributed by atoms with E-state index in [2.05, 4.69) is 44.6 Å². The number of aryl methyl sites for hydroxylation is 1. The fourth-order valence-electron chi connectivity index (χ4n) is 4.16. The summed E-state index contributed by atoms with van der Waals surface area (Å²) in [5.74, 6) is 1.39. The second-order valence-electron chi connectivity index (χ2n) is 7.61. The van der Waals surface area contributed by atoms with Crippen molar-refractivity contribution in [2.75, 3.05) is 12.4 Å².